The Bertz CT molecular complexity index is 728. The molecular formula is C15H17F2N3O2S. The van der Waals surface area contributed by atoms with Gasteiger partial charge in [-0.15, -0.1) is 11.3 Å². The van der Waals surface area contributed by atoms with E-state index in [1.54, 1.807) is 28.8 Å². The molecule has 2 aromatic rings. The van der Waals surface area contributed by atoms with E-state index in [4.69, 9.17) is 0 Å². The Morgan fingerprint density at radius 3 is 2.87 bits per heavy atom. The van der Waals surface area contributed by atoms with Crippen molar-refractivity contribution < 1.29 is 18.3 Å². The first kappa shape index (κ1) is 15.9. The van der Waals surface area contributed by atoms with E-state index < -0.39 is 6.61 Å². The smallest absolute Gasteiger partial charge is 0.387 e. The highest BCUT2D eigenvalue weighted by Gasteiger charge is 2.35. The van der Waals surface area contributed by atoms with Crippen LogP contribution in [0.15, 0.2) is 18.3 Å². The predicted molar refractivity (Wildman–Crippen MR) is 83.5 cm³/mol. The molecule has 0 unspecified atom stereocenters. The van der Waals surface area contributed by atoms with Crippen molar-refractivity contribution in [3.8, 4) is 5.75 Å². The average molecular weight is 341 g/mol. The Labute approximate surface area is 136 Å². The van der Waals surface area contributed by atoms with E-state index in [1.165, 1.54) is 6.07 Å². The quantitative estimate of drug-likeness (QED) is 0.852. The summed E-state index contributed by atoms with van der Waals surface area (Å²) in [5.41, 5.74) is 0. The highest BCUT2D eigenvalue weighted by molar-refractivity contribution is 7.14. The Morgan fingerprint density at radius 1 is 1.43 bits per heavy atom. The summed E-state index contributed by atoms with van der Waals surface area (Å²) in [5.74, 6) is 0.277. The van der Waals surface area contributed by atoms with Gasteiger partial charge in [0, 0.05) is 17.0 Å². The third-order valence-corrected chi connectivity index (χ3v) is 4.91. The minimum Gasteiger partial charge on any atom is -0.433 e. The Morgan fingerprint density at radius 2 is 2.17 bits per heavy atom. The molecule has 0 radical (unpaired) electrons. The van der Waals surface area contributed by atoms with Crippen LogP contribution in [0.3, 0.4) is 0 Å². The first-order valence-electron chi connectivity index (χ1n) is 7.30. The molecule has 0 saturated carbocycles. The molecule has 5 nitrogen and oxygen atoms in total. The predicted octanol–water partition coefficient (Wildman–Crippen LogP) is 3.85. The van der Waals surface area contributed by atoms with Gasteiger partial charge in [-0.3, -0.25) is 9.69 Å². The van der Waals surface area contributed by atoms with Gasteiger partial charge in [-0.25, -0.2) is 4.68 Å². The van der Waals surface area contributed by atoms with E-state index >= 15 is 0 Å². The number of aryl methyl sites for hydroxylation is 1. The molecule has 3 rings (SSSR count). The van der Waals surface area contributed by atoms with Crippen LogP contribution < -0.4 is 9.64 Å². The topological polar surface area (TPSA) is 47.4 Å². The Kier molecular flexibility index (Phi) is 4.09. The van der Waals surface area contributed by atoms with Crippen LogP contribution in [0.2, 0.25) is 0 Å². The number of thiophene rings is 1. The summed E-state index contributed by atoms with van der Waals surface area (Å²) in [6, 6.07) is 3.36. The molecule has 3 heterocycles. The lowest BCUT2D eigenvalue weighted by molar-refractivity contribution is -0.0498. The molecule has 1 aliphatic rings. The number of carbonyl (C=O) groups excluding carboxylic acids is 1. The van der Waals surface area contributed by atoms with E-state index in [1.807, 2.05) is 13.8 Å². The van der Waals surface area contributed by atoms with Gasteiger partial charge in [-0.1, -0.05) is 0 Å². The van der Waals surface area contributed by atoms with Crippen LogP contribution >= 0.6 is 11.3 Å². The van der Waals surface area contributed by atoms with Gasteiger partial charge >= 0.3 is 6.61 Å². The number of hydrogen-bond donors (Lipinski definition) is 0. The van der Waals surface area contributed by atoms with Gasteiger partial charge in [-0.05, 0) is 33.3 Å². The summed E-state index contributed by atoms with van der Waals surface area (Å²) in [4.78, 5) is 15.5. The van der Waals surface area contributed by atoms with Gasteiger partial charge in [-0.2, -0.15) is 13.9 Å². The molecule has 1 amide bonds. The first-order valence-corrected chi connectivity index (χ1v) is 8.12. The fourth-order valence-electron chi connectivity index (χ4n) is 3.00. The zero-order valence-electron chi connectivity index (χ0n) is 13.0. The van der Waals surface area contributed by atoms with E-state index in [2.05, 4.69) is 9.84 Å². The third-order valence-electron chi connectivity index (χ3n) is 3.89. The van der Waals surface area contributed by atoms with Crippen LogP contribution in [0, 0.1) is 6.92 Å². The molecular weight excluding hydrogens is 324 g/mol. The third kappa shape index (κ3) is 2.83. The summed E-state index contributed by atoms with van der Waals surface area (Å²) in [7, 11) is 0. The molecule has 2 aromatic heterocycles. The normalized spacial score (nSPS) is 20.7. The van der Waals surface area contributed by atoms with Crippen molar-refractivity contribution in [3.63, 3.8) is 0 Å². The zero-order chi connectivity index (χ0) is 16.7. The SMILES string of the molecule is Cc1cc(OC(F)F)c(C(=O)N2c3ccnn3[C@@H](C)C[C@H]2C)s1. The van der Waals surface area contributed by atoms with E-state index in [0.29, 0.717) is 5.82 Å². The van der Waals surface area contributed by atoms with E-state index in [9.17, 15) is 13.6 Å². The van der Waals surface area contributed by atoms with Gasteiger partial charge < -0.3 is 4.74 Å². The minimum absolute atomic E-state index is 0.0523. The van der Waals surface area contributed by atoms with Crippen molar-refractivity contribution in [3.05, 3.63) is 28.1 Å². The van der Waals surface area contributed by atoms with Crippen LogP contribution in [0.1, 0.15) is 40.9 Å². The largest absolute Gasteiger partial charge is 0.433 e. The summed E-state index contributed by atoms with van der Waals surface area (Å²) >= 11 is 1.16. The molecule has 0 aliphatic carbocycles. The molecule has 1 aliphatic heterocycles. The van der Waals surface area contributed by atoms with Crippen LogP contribution in [0.25, 0.3) is 0 Å². The average Bonchev–Trinajstić information content (AvgIpc) is 3.05. The van der Waals surface area contributed by atoms with Crippen LogP contribution in [-0.4, -0.2) is 28.3 Å². The highest BCUT2D eigenvalue weighted by Crippen LogP contribution is 2.37. The zero-order valence-corrected chi connectivity index (χ0v) is 13.8. The fourth-order valence-corrected chi connectivity index (χ4v) is 3.88. The number of fused-ring (bicyclic) bond motifs is 1. The Balaban J connectivity index is 2.00. The van der Waals surface area contributed by atoms with Crippen molar-refractivity contribution in [2.75, 3.05) is 4.90 Å². The monoisotopic (exact) mass is 341 g/mol. The molecule has 0 saturated heterocycles. The molecule has 0 bridgehead atoms. The number of anilines is 1. The van der Waals surface area contributed by atoms with Crippen molar-refractivity contribution in [2.24, 2.45) is 0 Å². The molecule has 0 spiro atoms. The molecule has 23 heavy (non-hydrogen) atoms. The van der Waals surface area contributed by atoms with Crippen molar-refractivity contribution in [1.29, 1.82) is 0 Å². The summed E-state index contributed by atoms with van der Waals surface area (Å²) in [6.07, 6.45) is 2.39. The second-order valence-corrected chi connectivity index (χ2v) is 6.93. The molecule has 0 N–H and O–H groups in total. The van der Waals surface area contributed by atoms with Gasteiger partial charge in [0.25, 0.3) is 5.91 Å². The standard InChI is InChI=1S/C15H17F2N3O2S/c1-8-6-9(2)20-12(4-5-18-20)19(8)14(21)13-11(22-15(16)17)7-10(3)23-13/h4-5,7-9,15H,6H2,1-3H3/t8-,9+/m1/s1. The lowest BCUT2D eigenvalue weighted by Crippen LogP contribution is -2.44. The molecule has 124 valence electrons. The summed E-state index contributed by atoms with van der Waals surface area (Å²) in [5, 5.41) is 4.25. The van der Waals surface area contributed by atoms with Crippen molar-refractivity contribution in [2.45, 2.75) is 45.9 Å². The van der Waals surface area contributed by atoms with Crippen LogP contribution in [0.4, 0.5) is 14.6 Å². The van der Waals surface area contributed by atoms with Crippen LogP contribution in [-0.2, 0) is 0 Å². The number of nitrogens with zero attached hydrogens (tertiary/aromatic N) is 3. The fraction of sp³-hybridized carbons (Fsp3) is 0.467. The second-order valence-electron chi connectivity index (χ2n) is 5.67. The van der Waals surface area contributed by atoms with E-state index in [0.717, 1.165) is 22.6 Å². The molecule has 0 aromatic carbocycles. The van der Waals surface area contributed by atoms with Crippen LogP contribution in [0.5, 0.6) is 5.75 Å². The number of alkyl halides is 2. The number of aromatic nitrogens is 2. The molecule has 8 heteroatoms. The van der Waals surface area contributed by atoms with Gasteiger partial charge in [0.2, 0.25) is 0 Å². The maximum Gasteiger partial charge on any atom is 0.387 e. The van der Waals surface area contributed by atoms with Gasteiger partial charge in [0.05, 0.1) is 12.2 Å². The number of ether oxygens (including phenoxy) is 1. The number of halogens is 2. The maximum absolute atomic E-state index is 13.0. The first-order chi connectivity index (χ1) is 10.9. The minimum atomic E-state index is -2.96. The highest BCUT2D eigenvalue weighted by atomic mass is 32.1. The van der Waals surface area contributed by atoms with Gasteiger partial charge in [0.15, 0.2) is 0 Å². The van der Waals surface area contributed by atoms with E-state index in [-0.39, 0.29) is 28.6 Å². The number of rotatable bonds is 3. The lowest BCUT2D eigenvalue weighted by atomic mass is 10.1. The van der Waals surface area contributed by atoms with Crippen molar-refractivity contribution >= 4 is 23.1 Å². The summed E-state index contributed by atoms with van der Waals surface area (Å²) in [6.45, 7) is 2.78. The lowest BCUT2D eigenvalue weighted by Gasteiger charge is -2.36. The number of carbonyl (C=O) groups is 1. The van der Waals surface area contributed by atoms with Crippen molar-refractivity contribution in [1.82, 2.24) is 9.78 Å². The number of hydrogen-bond acceptors (Lipinski definition) is 4. The van der Waals surface area contributed by atoms with Gasteiger partial charge in [0.1, 0.15) is 16.4 Å². The molecule has 0 fully saturated rings. The second kappa shape index (κ2) is 5.92. The molecule has 2 atom stereocenters. The maximum atomic E-state index is 13.0. The summed E-state index contributed by atoms with van der Waals surface area (Å²) < 4.78 is 31.4. The Hall–Kier alpha value is -1.96. The number of amides is 1.